The van der Waals surface area contributed by atoms with Crippen molar-refractivity contribution in [1.29, 1.82) is 0 Å². The van der Waals surface area contributed by atoms with Gasteiger partial charge < -0.3 is 10.0 Å². The molecule has 1 fully saturated rings. The zero-order valence-electron chi connectivity index (χ0n) is 11.6. The van der Waals surface area contributed by atoms with Crippen molar-refractivity contribution in [2.24, 2.45) is 5.92 Å². The summed E-state index contributed by atoms with van der Waals surface area (Å²) in [5.41, 5.74) is 1.02. The van der Waals surface area contributed by atoms with Crippen LogP contribution in [0, 0.1) is 5.92 Å². The number of rotatable bonds is 5. The van der Waals surface area contributed by atoms with Crippen LogP contribution in [0.4, 0.5) is 5.69 Å². The van der Waals surface area contributed by atoms with E-state index in [-0.39, 0.29) is 6.54 Å². The van der Waals surface area contributed by atoms with Crippen LogP contribution in [-0.2, 0) is 4.79 Å². The molecule has 0 spiro atoms. The number of nitrogens with zero attached hydrogens (tertiary/aromatic N) is 1. The lowest BCUT2D eigenvalue weighted by atomic mass is 9.84. The highest BCUT2D eigenvalue weighted by molar-refractivity contribution is 5.74. The van der Waals surface area contributed by atoms with Gasteiger partial charge in [0, 0.05) is 11.7 Å². The summed E-state index contributed by atoms with van der Waals surface area (Å²) in [7, 11) is 0. The van der Waals surface area contributed by atoms with Gasteiger partial charge in [0.1, 0.15) is 6.54 Å². The lowest BCUT2D eigenvalue weighted by Crippen LogP contribution is -2.42. The van der Waals surface area contributed by atoms with Crippen LogP contribution >= 0.6 is 0 Å². The molecule has 0 aliphatic heterocycles. The minimum Gasteiger partial charge on any atom is -0.480 e. The molecule has 0 heterocycles. The van der Waals surface area contributed by atoms with Crippen molar-refractivity contribution in [3.05, 3.63) is 30.3 Å². The molecule has 0 bridgehead atoms. The fraction of sp³-hybridized carbons (Fsp3) is 0.562. The Morgan fingerprint density at radius 1 is 1.26 bits per heavy atom. The second-order valence-corrected chi connectivity index (χ2v) is 5.50. The third kappa shape index (κ3) is 3.72. The van der Waals surface area contributed by atoms with E-state index in [1.165, 1.54) is 32.1 Å². The molecule has 1 aliphatic rings. The number of carboxylic acid groups (broad SMARTS) is 1. The first kappa shape index (κ1) is 13.9. The lowest BCUT2D eigenvalue weighted by molar-refractivity contribution is -0.135. The van der Waals surface area contributed by atoms with E-state index in [0.717, 1.165) is 5.69 Å². The third-order valence-corrected chi connectivity index (χ3v) is 4.22. The highest BCUT2D eigenvalue weighted by Crippen LogP contribution is 2.31. The van der Waals surface area contributed by atoms with Crippen LogP contribution in [0.5, 0.6) is 0 Å². The third-order valence-electron chi connectivity index (χ3n) is 4.22. The molecule has 1 aromatic rings. The van der Waals surface area contributed by atoms with Crippen molar-refractivity contribution >= 4 is 11.7 Å². The molecule has 2 rings (SSSR count). The summed E-state index contributed by atoms with van der Waals surface area (Å²) in [6.07, 6.45) is 6.34. The van der Waals surface area contributed by atoms with Crippen molar-refractivity contribution in [3.63, 3.8) is 0 Å². The normalized spacial score (nSPS) is 17.9. The van der Waals surface area contributed by atoms with Crippen molar-refractivity contribution in [3.8, 4) is 0 Å². The maximum atomic E-state index is 11.1. The molecule has 19 heavy (non-hydrogen) atoms. The van der Waals surface area contributed by atoms with E-state index < -0.39 is 5.97 Å². The molecule has 3 nitrogen and oxygen atoms in total. The van der Waals surface area contributed by atoms with E-state index in [0.29, 0.717) is 12.0 Å². The quantitative estimate of drug-likeness (QED) is 0.881. The zero-order valence-corrected chi connectivity index (χ0v) is 11.6. The van der Waals surface area contributed by atoms with Crippen LogP contribution in [0.2, 0.25) is 0 Å². The molecule has 1 aromatic carbocycles. The summed E-state index contributed by atoms with van der Waals surface area (Å²) >= 11 is 0. The first-order valence-electron chi connectivity index (χ1n) is 7.22. The van der Waals surface area contributed by atoms with Crippen molar-refractivity contribution < 1.29 is 9.90 Å². The highest BCUT2D eigenvalue weighted by Gasteiger charge is 2.26. The number of hydrogen-bond donors (Lipinski definition) is 1. The van der Waals surface area contributed by atoms with E-state index in [9.17, 15) is 4.79 Å². The monoisotopic (exact) mass is 261 g/mol. The number of carboxylic acids is 1. The Kier molecular flexibility index (Phi) is 4.83. The average Bonchev–Trinajstić information content (AvgIpc) is 2.46. The smallest absolute Gasteiger partial charge is 0.323 e. The second-order valence-electron chi connectivity index (χ2n) is 5.50. The van der Waals surface area contributed by atoms with Gasteiger partial charge in [0.05, 0.1) is 0 Å². The van der Waals surface area contributed by atoms with Gasteiger partial charge in [-0.2, -0.15) is 0 Å². The van der Waals surface area contributed by atoms with Gasteiger partial charge in [-0.15, -0.1) is 0 Å². The fourth-order valence-electron chi connectivity index (χ4n) is 3.11. The predicted octanol–water partition coefficient (Wildman–Crippen LogP) is 3.55. The van der Waals surface area contributed by atoms with Crippen LogP contribution in [0.3, 0.4) is 0 Å². The maximum absolute atomic E-state index is 11.1. The minimum absolute atomic E-state index is 0.0850. The number of hydrogen-bond acceptors (Lipinski definition) is 2. The Bertz CT molecular complexity index is 398. The Morgan fingerprint density at radius 2 is 1.89 bits per heavy atom. The Morgan fingerprint density at radius 3 is 2.47 bits per heavy atom. The molecule has 0 radical (unpaired) electrons. The van der Waals surface area contributed by atoms with E-state index in [1.807, 2.05) is 35.2 Å². The molecule has 3 heteroatoms. The van der Waals surface area contributed by atoms with E-state index in [2.05, 4.69) is 6.92 Å². The van der Waals surface area contributed by atoms with Crippen LogP contribution in [0.25, 0.3) is 0 Å². The molecule has 1 saturated carbocycles. The average molecular weight is 261 g/mol. The van der Waals surface area contributed by atoms with Gasteiger partial charge in [-0.3, -0.25) is 4.79 Å². The molecule has 1 unspecified atom stereocenters. The zero-order chi connectivity index (χ0) is 13.7. The molecule has 1 atom stereocenters. The molecule has 1 aliphatic carbocycles. The summed E-state index contributed by atoms with van der Waals surface area (Å²) in [6.45, 7) is 2.26. The standard InChI is InChI=1S/C16H23NO2/c1-13(14-8-4-2-5-9-14)17(12-16(18)19)15-10-6-3-7-11-15/h3,6-7,10-11,13-14H,2,4-5,8-9,12H2,1H3,(H,18,19). The fourth-order valence-corrected chi connectivity index (χ4v) is 3.11. The summed E-state index contributed by atoms with van der Waals surface area (Å²) in [4.78, 5) is 13.2. The maximum Gasteiger partial charge on any atom is 0.323 e. The van der Waals surface area contributed by atoms with Crippen molar-refractivity contribution in [2.75, 3.05) is 11.4 Å². The number of benzene rings is 1. The van der Waals surface area contributed by atoms with Gasteiger partial charge in [-0.05, 0) is 37.8 Å². The molecule has 0 amide bonds. The van der Waals surface area contributed by atoms with E-state index >= 15 is 0 Å². The SMILES string of the molecule is CC(C1CCCCC1)N(CC(=O)O)c1ccccc1. The second kappa shape index (κ2) is 6.60. The van der Waals surface area contributed by atoms with Gasteiger partial charge >= 0.3 is 5.97 Å². The molecule has 0 aromatic heterocycles. The van der Waals surface area contributed by atoms with Crippen molar-refractivity contribution in [1.82, 2.24) is 0 Å². The van der Waals surface area contributed by atoms with Gasteiger partial charge in [0.15, 0.2) is 0 Å². The van der Waals surface area contributed by atoms with Gasteiger partial charge in [0.25, 0.3) is 0 Å². The Hall–Kier alpha value is -1.51. The summed E-state index contributed by atoms with van der Waals surface area (Å²) in [5.74, 6) is -0.139. The highest BCUT2D eigenvalue weighted by atomic mass is 16.4. The van der Waals surface area contributed by atoms with Crippen LogP contribution in [0.15, 0.2) is 30.3 Å². The van der Waals surface area contributed by atoms with Crippen LogP contribution in [0.1, 0.15) is 39.0 Å². The largest absolute Gasteiger partial charge is 0.480 e. The molecule has 1 N–H and O–H groups in total. The van der Waals surface area contributed by atoms with E-state index in [1.54, 1.807) is 0 Å². The molecular formula is C16H23NO2. The van der Waals surface area contributed by atoms with Gasteiger partial charge in [-0.25, -0.2) is 0 Å². The van der Waals surface area contributed by atoms with Crippen LogP contribution in [-0.4, -0.2) is 23.7 Å². The molecule has 104 valence electrons. The molecule has 0 saturated heterocycles. The topological polar surface area (TPSA) is 40.5 Å². The lowest BCUT2D eigenvalue weighted by Gasteiger charge is -2.37. The first-order chi connectivity index (χ1) is 9.18. The van der Waals surface area contributed by atoms with E-state index in [4.69, 9.17) is 5.11 Å². The summed E-state index contributed by atoms with van der Waals surface area (Å²) in [6, 6.07) is 10.2. The number of para-hydroxylation sites is 1. The van der Waals surface area contributed by atoms with Crippen LogP contribution < -0.4 is 4.90 Å². The first-order valence-corrected chi connectivity index (χ1v) is 7.22. The van der Waals surface area contributed by atoms with Gasteiger partial charge in [0.2, 0.25) is 0 Å². The number of carbonyl (C=O) groups is 1. The van der Waals surface area contributed by atoms with Gasteiger partial charge in [-0.1, -0.05) is 37.5 Å². The molecular weight excluding hydrogens is 238 g/mol. The summed E-state index contributed by atoms with van der Waals surface area (Å²) in [5, 5.41) is 9.15. The van der Waals surface area contributed by atoms with Crippen molar-refractivity contribution in [2.45, 2.75) is 45.1 Å². The Balaban J connectivity index is 2.14. The minimum atomic E-state index is -0.758. The summed E-state index contributed by atoms with van der Waals surface area (Å²) < 4.78 is 0. The Labute approximate surface area is 115 Å². The number of aliphatic carboxylic acids is 1. The predicted molar refractivity (Wildman–Crippen MR) is 77.5 cm³/mol. The number of anilines is 1.